The van der Waals surface area contributed by atoms with Crippen LogP contribution in [0.3, 0.4) is 0 Å². The van der Waals surface area contributed by atoms with Gasteiger partial charge in [-0.15, -0.1) is 0 Å². The summed E-state index contributed by atoms with van der Waals surface area (Å²) in [5.74, 6) is -1.49. The van der Waals surface area contributed by atoms with Crippen LogP contribution in [-0.4, -0.2) is 0 Å². The Labute approximate surface area is 128 Å². The molecular formula is C15H11BrClF3. The molecule has 0 saturated carbocycles. The molecule has 0 amide bonds. The summed E-state index contributed by atoms with van der Waals surface area (Å²) >= 11 is 9.20. The second-order valence-electron chi connectivity index (χ2n) is 4.49. The fraction of sp³-hybridized carbons (Fsp3) is 0.200. The Morgan fingerprint density at radius 1 is 1.10 bits per heavy atom. The van der Waals surface area contributed by atoms with Crippen LogP contribution in [0.5, 0.6) is 0 Å². The molecule has 0 aliphatic carbocycles. The monoisotopic (exact) mass is 362 g/mol. The van der Waals surface area contributed by atoms with E-state index >= 15 is 0 Å². The molecule has 2 rings (SSSR count). The Balaban J connectivity index is 2.33. The molecule has 1 atom stereocenters. The zero-order valence-electron chi connectivity index (χ0n) is 10.6. The SMILES string of the molecule is Cc1cc(F)c(C(Br)Cc2c(F)cccc2Cl)cc1F. The molecular weight excluding hydrogens is 353 g/mol. The average Bonchev–Trinajstić information content (AvgIpc) is 2.38. The number of hydrogen-bond donors (Lipinski definition) is 0. The van der Waals surface area contributed by atoms with Crippen LogP contribution in [0.2, 0.25) is 5.02 Å². The van der Waals surface area contributed by atoms with E-state index in [1.54, 1.807) is 6.07 Å². The second kappa shape index (κ2) is 6.19. The van der Waals surface area contributed by atoms with Crippen molar-refractivity contribution >= 4 is 27.5 Å². The highest BCUT2D eigenvalue weighted by molar-refractivity contribution is 9.09. The first-order chi connectivity index (χ1) is 9.40. The van der Waals surface area contributed by atoms with Gasteiger partial charge in [0.25, 0.3) is 0 Å². The summed E-state index contributed by atoms with van der Waals surface area (Å²) in [5, 5.41) is 0.266. The van der Waals surface area contributed by atoms with Crippen molar-refractivity contribution in [2.45, 2.75) is 18.2 Å². The molecule has 0 fully saturated rings. The fourth-order valence-corrected chi connectivity index (χ4v) is 2.83. The minimum absolute atomic E-state index is 0.130. The van der Waals surface area contributed by atoms with Crippen LogP contribution in [-0.2, 0) is 6.42 Å². The van der Waals surface area contributed by atoms with E-state index in [-0.39, 0.29) is 28.1 Å². The number of aryl methyl sites for hydroxylation is 1. The number of halogens is 5. The Morgan fingerprint density at radius 3 is 2.45 bits per heavy atom. The first-order valence-electron chi connectivity index (χ1n) is 5.92. The third kappa shape index (κ3) is 3.18. The highest BCUT2D eigenvalue weighted by Gasteiger charge is 2.18. The normalized spacial score (nSPS) is 12.5. The summed E-state index contributed by atoms with van der Waals surface area (Å²) in [6.45, 7) is 1.49. The molecule has 0 spiro atoms. The van der Waals surface area contributed by atoms with Crippen molar-refractivity contribution < 1.29 is 13.2 Å². The van der Waals surface area contributed by atoms with Crippen LogP contribution in [0, 0.1) is 24.4 Å². The molecule has 0 bridgehead atoms. The van der Waals surface area contributed by atoms with Gasteiger partial charge in [0.2, 0.25) is 0 Å². The summed E-state index contributed by atoms with van der Waals surface area (Å²) in [5.41, 5.74) is 0.652. The topological polar surface area (TPSA) is 0 Å². The molecule has 0 aliphatic heterocycles. The Kier molecular flexibility index (Phi) is 4.76. The molecule has 0 saturated heterocycles. The van der Waals surface area contributed by atoms with Crippen molar-refractivity contribution in [3.8, 4) is 0 Å². The first kappa shape index (κ1) is 15.4. The van der Waals surface area contributed by atoms with Crippen molar-refractivity contribution in [1.82, 2.24) is 0 Å². The average molecular weight is 364 g/mol. The fourth-order valence-electron chi connectivity index (χ4n) is 1.92. The summed E-state index contributed by atoms with van der Waals surface area (Å²) in [4.78, 5) is -0.563. The molecule has 0 aliphatic rings. The van der Waals surface area contributed by atoms with Crippen molar-refractivity contribution in [3.63, 3.8) is 0 Å². The summed E-state index contributed by atoms with van der Waals surface area (Å²) < 4.78 is 41.1. The quantitative estimate of drug-likeness (QED) is 0.610. The molecule has 2 aromatic carbocycles. The molecule has 5 heteroatoms. The van der Waals surface area contributed by atoms with Gasteiger partial charge in [0.05, 0.1) is 0 Å². The van der Waals surface area contributed by atoms with E-state index in [1.165, 1.54) is 19.1 Å². The lowest BCUT2D eigenvalue weighted by Gasteiger charge is -2.14. The maximum absolute atomic E-state index is 13.9. The molecule has 2 aromatic rings. The molecule has 0 N–H and O–H groups in total. The highest BCUT2D eigenvalue weighted by atomic mass is 79.9. The molecule has 1 unspecified atom stereocenters. The third-order valence-corrected chi connectivity index (χ3v) is 4.23. The van der Waals surface area contributed by atoms with Gasteiger partial charge in [-0.2, -0.15) is 0 Å². The van der Waals surface area contributed by atoms with E-state index in [2.05, 4.69) is 15.9 Å². The zero-order chi connectivity index (χ0) is 14.9. The summed E-state index contributed by atoms with van der Waals surface area (Å²) in [7, 11) is 0. The minimum atomic E-state index is -0.563. The van der Waals surface area contributed by atoms with Gasteiger partial charge >= 0.3 is 0 Å². The molecule has 106 valence electrons. The van der Waals surface area contributed by atoms with Gasteiger partial charge < -0.3 is 0 Å². The standard InChI is InChI=1S/C15H11BrClF3/c1-8-5-15(20)9(7-14(8)19)11(16)6-10-12(17)3-2-4-13(10)18/h2-5,7,11H,6H2,1H3. The highest BCUT2D eigenvalue weighted by Crippen LogP contribution is 2.33. The second-order valence-corrected chi connectivity index (χ2v) is 6.01. The van der Waals surface area contributed by atoms with Gasteiger partial charge in [0.15, 0.2) is 0 Å². The Bertz CT molecular complexity index is 623. The number of alkyl halides is 1. The summed E-state index contributed by atoms with van der Waals surface area (Å²) in [6.07, 6.45) is 0.130. The van der Waals surface area contributed by atoms with Crippen molar-refractivity contribution in [3.05, 3.63) is 69.5 Å². The van der Waals surface area contributed by atoms with Crippen LogP contribution in [0.25, 0.3) is 0 Å². The predicted molar refractivity (Wildman–Crippen MR) is 77.9 cm³/mol. The lowest BCUT2D eigenvalue weighted by molar-refractivity contribution is 0.573. The Morgan fingerprint density at radius 2 is 1.80 bits per heavy atom. The smallest absolute Gasteiger partial charge is 0.128 e. The lowest BCUT2D eigenvalue weighted by Crippen LogP contribution is -2.03. The maximum Gasteiger partial charge on any atom is 0.128 e. The zero-order valence-corrected chi connectivity index (χ0v) is 12.9. The molecule has 20 heavy (non-hydrogen) atoms. The van der Waals surface area contributed by atoms with Gasteiger partial charge in [0, 0.05) is 21.0 Å². The van der Waals surface area contributed by atoms with E-state index in [1.807, 2.05) is 0 Å². The number of benzene rings is 2. The van der Waals surface area contributed by atoms with E-state index in [4.69, 9.17) is 11.6 Å². The minimum Gasteiger partial charge on any atom is -0.207 e. The van der Waals surface area contributed by atoms with Crippen molar-refractivity contribution in [2.75, 3.05) is 0 Å². The van der Waals surface area contributed by atoms with Gasteiger partial charge in [-0.3, -0.25) is 0 Å². The van der Waals surface area contributed by atoms with Gasteiger partial charge in [-0.1, -0.05) is 33.6 Å². The van der Waals surface area contributed by atoms with Crippen molar-refractivity contribution in [2.24, 2.45) is 0 Å². The van der Waals surface area contributed by atoms with E-state index in [9.17, 15) is 13.2 Å². The van der Waals surface area contributed by atoms with E-state index in [0.29, 0.717) is 0 Å². The number of hydrogen-bond acceptors (Lipinski definition) is 0. The molecule has 0 aromatic heterocycles. The predicted octanol–water partition coefficient (Wildman–Crippen LogP) is 5.74. The van der Waals surface area contributed by atoms with E-state index < -0.39 is 22.3 Å². The van der Waals surface area contributed by atoms with Gasteiger partial charge in [-0.25, -0.2) is 13.2 Å². The summed E-state index contributed by atoms with van der Waals surface area (Å²) in [6, 6.07) is 6.59. The van der Waals surface area contributed by atoms with Crippen LogP contribution >= 0.6 is 27.5 Å². The molecule has 0 radical (unpaired) electrons. The largest absolute Gasteiger partial charge is 0.207 e. The van der Waals surface area contributed by atoms with E-state index in [0.717, 1.165) is 12.1 Å². The Hall–Kier alpha value is -1.00. The number of rotatable bonds is 3. The van der Waals surface area contributed by atoms with Gasteiger partial charge in [-0.05, 0) is 43.2 Å². The van der Waals surface area contributed by atoms with Crippen LogP contribution in [0.4, 0.5) is 13.2 Å². The van der Waals surface area contributed by atoms with Crippen LogP contribution in [0.15, 0.2) is 30.3 Å². The first-order valence-corrected chi connectivity index (χ1v) is 7.22. The maximum atomic E-state index is 13.9. The van der Waals surface area contributed by atoms with Crippen molar-refractivity contribution in [1.29, 1.82) is 0 Å². The lowest BCUT2D eigenvalue weighted by atomic mass is 10.0. The van der Waals surface area contributed by atoms with Gasteiger partial charge in [0.1, 0.15) is 17.5 Å². The molecule has 0 heterocycles. The van der Waals surface area contributed by atoms with Crippen LogP contribution in [0.1, 0.15) is 21.5 Å². The third-order valence-electron chi connectivity index (χ3n) is 3.06. The van der Waals surface area contributed by atoms with Crippen LogP contribution < -0.4 is 0 Å². The molecule has 0 nitrogen and oxygen atoms in total.